The summed E-state index contributed by atoms with van der Waals surface area (Å²) in [5, 5.41) is 4.98. The van der Waals surface area contributed by atoms with E-state index in [0.717, 1.165) is 37.7 Å². The molecule has 0 fully saturated rings. The highest BCUT2D eigenvalue weighted by Gasteiger charge is 2.12. The summed E-state index contributed by atoms with van der Waals surface area (Å²) in [4.78, 5) is 9.22. The lowest BCUT2D eigenvalue weighted by Crippen LogP contribution is -1.91. The molecular formula is C20H20N4OS. The number of aromatic nitrogens is 2. The Morgan fingerprint density at radius 1 is 1.08 bits per heavy atom. The average molecular weight is 364 g/mol. The molecule has 0 aliphatic heterocycles. The number of oxazole rings is 1. The van der Waals surface area contributed by atoms with Crippen molar-refractivity contribution in [3.63, 3.8) is 0 Å². The van der Waals surface area contributed by atoms with E-state index in [1.54, 1.807) is 11.3 Å². The first-order valence-corrected chi connectivity index (χ1v) is 9.39. The van der Waals surface area contributed by atoms with Crippen molar-refractivity contribution in [2.75, 3.05) is 5.43 Å². The molecule has 0 spiro atoms. The molecule has 0 amide bonds. The van der Waals surface area contributed by atoms with Gasteiger partial charge in [0.2, 0.25) is 11.0 Å². The maximum Gasteiger partial charge on any atom is 0.227 e. The summed E-state index contributed by atoms with van der Waals surface area (Å²) in [5.74, 6) is 1.10. The van der Waals surface area contributed by atoms with Crippen LogP contribution in [0.5, 0.6) is 0 Å². The Morgan fingerprint density at radius 3 is 2.69 bits per heavy atom. The van der Waals surface area contributed by atoms with Crippen molar-refractivity contribution in [2.24, 2.45) is 5.10 Å². The standard InChI is InChI=1S/C20H20N4OS/c1-11(2)13-6-8-17-16(9-13)21-19(25-17)14-5-7-15-18(10-14)26-20(22-15)24-23-12(3)4/h5-11H,1-4H3,(H,22,24). The Hall–Kier alpha value is -2.73. The quantitative estimate of drug-likeness (QED) is 0.354. The molecule has 2 aromatic heterocycles. The van der Waals surface area contributed by atoms with E-state index in [9.17, 15) is 0 Å². The lowest BCUT2D eigenvalue weighted by atomic mass is 10.0. The van der Waals surface area contributed by atoms with Crippen LogP contribution in [-0.4, -0.2) is 15.7 Å². The van der Waals surface area contributed by atoms with Crippen LogP contribution in [0.3, 0.4) is 0 Å². The van der Waals surface area contributed by atoms with Gasteiger partial charge in [-0.15, -0.1) is 0 Å². The smallest absolute Gasteiger partial charge is 0.227 e. The molecule has 6 heteroatoms. The van der Waals surface area contributed by atoms with Gasteiger partial charge in [0.05, 0.1) is 10.2 Å². The van der Waals surface area contributed by atoms with Gasteiger partial charge in [-0.2, -0.15) is 5.10 Å². The van der Waals surface area contributed by atoms with Crippen molar-refractivity contribution < 1.29 is 4.42 Å². The molecule has 0 aliphatic rings. The number of rotatable bonds is 4. The van der Waals surface area contributed by atoms with Gasteiger partial charge >= 0.3 is 0 Å². The summed E-state index contributed by atoms with van der Waals surface area (Å²) in [6.45, 7) is 8.23. The average Bonchev–Trinajstić information content (AvgIpc) is 3.21. The fourth-order valence-corrected chi connectivity index (χ4v) is 3.54. The van der Waals surface area contributed by atoms with Crippen LogP contribution < -0.4 is 5.43 Å². The van der Waals surface area contributed by atoms with Gasteiger partial charge in [0, 0.05) is 11.3 Å². The minimum atomic E-state index is 0.466. The molecule has 26 heavy (non-hydrogen) atoms. The largest absolute Gasteiger partial charge is 0.436 e. The van der Waals surface area contributed by atoms with Crippen molar-refractivity contribution >= 4 is 43.5 Å². The van der Waals surface area contributed by atoms with Crippen LogP contribution >= 0.6 is 11.3 Å². The van der Waals surface area contributed by atoms with Crippen molar-refractivity contribution in [1.29, 1.82) is 0 Å². The zero-order valence-corrected chi connectivity index (χ0v) is 16.0. The fraction of sp³-hybridized carbons (Fsp3) is 0.250. The summed E-state index contributed by atoms with van der Waals surface area (Å²) in [5.41, 5.74) is 8.79. The molecule has 0 radical (unpaired) electrons. The third-order valence-corrected chi connectivity index (χ3v) is 5.01. The van der Waals surface area contributed by atoms with Crippen LogP contribution in [0.1, 0.15) is 39.2 Å². The second kappa shape index (κ2) is 6.53. The van der Waals surface area contributed by atoms with E-state index < -0.39 is 0 Å². The Kier molecular flexibility index (Phi) is 4.20. The fourth-order valence-electron chi connectivity index (χ4n) is 2.69. The van der Waals surface area contributed by atoms with Crippen LogP contribution in [0.4, 0.5) is 5.13 Å². The summed E-state index contributed by atoms with van der Waals surface area (Å²) in [7, 11) is 0. The summed E-state index contributed by atoms with van der Waals surface area (Å²) in [6, 6.07) is 12.2. The van der Waals surface area contributed by atoms with Gasteiger partial charge in [0.15, 0.2) is 5.58 Å². The Labute approximate surface area is 155 Å². The zero-order valence-electron chi connectivity index (χ0n) is 15.2. The van der Waals surface area contributed by atoms with Gasteiger partial charge in [-0.1, -0.05) is 31.3 Å². The van der Waals surface area contributed by atoms with E-state index >= 15 is 0 Å². The second-order valence-corrected chi connectivity index (χ2v) is 7.80. The van der Waals surface area contributed by atoms with Crippen molar-refractivity contribution in [2.45, 2.75) is 33.6 Å². The predicted octanol–water partition coefficient (Wildman–Crippen LogP) is 6.04. The van der Waals surface area contributed by atoms with Crippen molar-refractivity contribution in [3.8, 4) is 11.5 Å². The van der Waals surface area contributed by atoms with Gasteiger partial charge in [-0.25, -0.2) is 9.97 Å². The molecule has 2 heterocycles. The second-order valence-electron chi connectivity index (χ2n) is 6.77. The van der Waals surface area contributed by atoms with E-state index in [4.69, 9.17) is 4.42 Å². The van der Waals surface area contributed by atoms with E-state index in [2.05, 4.69) is 52.5 Å². The lowest BCUT2D eigenvalue weighted by molar-refractivity contribution is 0.620. The van der Waals surface area contributed by atoms with Crippen LogP contribution in [0.2, 0.25) is 0 Å². The minimum Gasteiger partial charge on any atom is -0.436 e. The molecule has 0 aliphatic carbocycles. The van der Waals surface area contributed by atoms with E-state index in [1.807, 2.05) is 32.0 Å². The number of nitrogens with zero attached hydrogens (tertiary/aromatic N) is 3. The van der Waals surface area contributed by atoms with Crippen molar-refractivity contribution in [1.82, 2.24) is 9.97 Å². The summed E-state index contributed by atoms with van der Waals surface area (Å²) < 4.78 is 7.03. The van der Waals surface area contributed by atoms with Gasteiger partial charge in [0.1, 0.15) is 5.52 Å². The number of anilines is 1. The molecule has 4 rings (SSSR count). The SMILES string of the molecule is CC(C)=NNc1nc2ccc(-c3nc4cc(C(C)C)ccc4o3)cc2s1. The van der Waals surface area contributed by atoms with E-state index in [-0.39, 0.29) is 0 Å². The number of hydrazone groups is 1. The van der Waals surface area contributed by atoms with Gasteiger partial charge < -0.3 is 4.42 Å². The Bertz CT molecular complexity index is 1120. The molecule has 1 N–H and O–H groups in total. The van der Waals surface area contributed by atoms with Crippen LogP contribution in [0.25, 0.3) is 32.8 Å². The molecule has 0 atom stereocenters. The van der Waals surface area contributed by atoms with Gasteiger partial charge in [-0.05, 0) is 55.7 Å². The normalized spacial score (nSPS) is 11.4. The van der Waals surface area contributed by atoms with Crippen molar-refractivity contribution in [3.05, 3.63) is 42.0 Å². The first-order chi connectivity index (χ1) is 12.5. The van der Waals surface area contributed by atoms with Crippen LogP contribution in [-0.2, 0) is 0 Å². The molecule has 5 nitrogen and oxygen atoms in total. The molecule has 2 aromatic carbocycles. The first-order valence-electron chi connectivity index (χ1n) is 8.58. The highest BCUT2D eigenvalue weighted by molar-refractivity contribution is 7.22. The van der Waals surface area contributed by atoms with Crippen LogP contribution in [0, 0.1) is 0 Å². The lowest BCUT2D eigenvalue weighted by Gasteiger charge is -2.02. The first kappa shape index (κ1) is 16.7. The molecule has 132 valence electrons. The van der Waals surface area contributed by atoms with Crippen LogP contribution in [0.15, 0.2) is 45.9 Å². The summed E-state index contributed by atoms with van der Waals surface area (Å²) >= 11 is 1.56. The maximum absolute atomic E-state index is 5.96. The summed E-state index contributed by atoms with van der Waals surface area (Å²) in [6.07, 6.45) is 0. The molecular weight excluding hydrogens is 344 g/mol. The third-order valence-electron chi connectivity index (χ3n) is 4.09. The third kappa shape index (κ3) is 3.20. The molecule has 0 bridgehead atoms. The van der Waals surface area contributed by atoms with Gasteiger partial charge in [-0.3, -0.25) is 5.43 Å². The Morgan fingerprint density at radius 2 is 1.92 bits per heavy atom. The monoisotopic (exact) mass is 364 g/mol. The maximum atomic E-state index is 5.96. The predicted molar refractivity (Wildman–Crippen MR) is 109 cm³/mol. The molecule has 0 unspecified atom stereocenters. The minimum absolute atomic E-state index is 0.466. The molecule has 0 saturated carbocycles. The Balaban J connectivity index is 1.71. The number of fused-ring (bicyclic) bond motifs is 2. The number of nitrogens with one attached hydrogen (secondary N) is 1. The number of hydrogen-bond donors (Lipinski definition) is 1. The zero-order chi connectivity index (χ0) is 18.3. The van der Waals surface area contributed by atoms with E-state index in [1.165, 1.54) is 5.56 Å². The molecule has 0 saturated heterocycles. The highest BCUT2D eigenvalue weighted by Crippen LogP contribution is 2.32. The number of hydrogen-bond acceptors (Lipinski definition) is 6. The topological polar surface area (TPSA) is 63.3 Å². The highest BCUT2D eigenvalue weighted by atomic mass is 32.1. The molecule has 4 aromatic rings. The number of thiazole rings is 1. The van der Waals surface area contributed by atoms with Gasteiger partial charge in [0.25, 0.3) is 0 Å². The van der Waals surface area contributed by atoms with E-state index in [0.29, 0.717) is 11.8 Å². The number of benzene rings is 2.